The fourth-order valence-electron chi connectivity index (χ4n) is 1.20. The first-order valence-electron chi connectivity index (χ1n) is 5.06. The molecule has 102 valence electrons. The van der Waals surface area contributed by atoms with Gasteiger partial charge in [0.15, 0.2) is 5.03 Å². The lowest BCUT2D eigenvalue weighted by atomic mass is 10.2. The van der Waals surface area contributed by atoms with Gasteiger partial charge >= 0.3 is 0 Å². The number of hydrogen-bond acceptors (Lipinski definition) is 5. The Morgan fingerprint density at radius 1 is 1.47 bits per heavy atom. The fourth-order valence-corrected chi connectivity index (χ4v) is 1.20. The van der Waals surface area contributed by atoms with Crippen LogP contribution in [0.1, 0.15) is 5.56 Å². The topological polar surface area (TPSA) is 124 Å². The number of rotatable bonds is 5. The molecule has 0 atom stereocenters. The van der Waals surface area contributed by atoms with Gasteiger partial charge in [-0.2, -0.15) is 5.10 Å². The summed E-state index contributed by atoms with van der Waals surface area (Å²) in [4.78, 5) is 10.0. The van der Waals surface area contributed by atoms with Crippen LogP contribution in [0.5, 0.6) is 11.5 Å². The van der Waals surface area contributed by atoms with Crippen molar-refractivity contribution in [3.8, 4) is 11.5 Å². The van der Waals surface area contributed by atoms with Crippen molar-refractivity contribution in [2.75, 3.05) is 14.2 Å². The predicted molar refractivity (Wildman–Crippen MR) is 68.9 cm³/mol. The summed E-state index contributed by atoms with van der Waals surface area (Å²) in [7, 11) is 3.04. The van der Waals surface area contributed by atoms with Gasteiger partial charge in [0, 0.05) is 11.6 Å². The fraction of sp³-hybridized carbons (Fsp3) is 0.200. The molecule has 1 rings (SSSR count). The van der Waals surface area contributed by atoms with Crippen LogP contribution >= 0.6 is 0 Å². The summed E-state index contributed by atoms with van der Waals surface area (Å²) in [6, 6.07) is 5.11. The number of methoxy groups -OCH3 is 2. The number of hydrazone groups is 2. The van der Waals surface area contributed by atoms with Crippen LogP contribution in [-0.4, -0.2) is 31.4 Å². The van der Waals surface area contributed by atoms with E-state index in [4.69, 9.17) is 15.2 Å². The molecular weight excluding hydrogens is 254 g/mol. The molecule has 3 N–H and O–H groups in total. The van der Waals surface area contributed by atoms with Gasteiger partial charge in [0.1, 0.15) is 16.6 Å². The molecule has 0 aromatic heterocycles. The first-order chi connectivity index (χ1) is 9.06. The second-order valence-electron chi connectivity index (χ2n) is 3.20. The van der Waals surface area contributed by atoms with Gasteiger partial charge in [-0.25, -0.2) is 15.5 Å². The molecule has 0 saturated carbocycles. The van der Waals surface area contributed by atoms with E-state index in [2.05, 4.69) is 15.6 Å². The lowest BCUT2D eigenvalue weighted by Gasteiger charge is -2.06. The first-order valence-corrected chi connectivity index (χ1v) is 5.06. The quantitative estimate of drug-likeness (QED) is 0.338. The van der Waals surface area contributed by atoms with Crippen LogP contribution < -0.4 is 20.6 Å². The number of nitrogens with zero attached hydrogens (tertiary/aromatic N) is 3. The molecule has 0 saturated heterocycles. The third-order valence-electron chi connectivity index (χ3n) is 2.01. The molecule has 9 nitrogen and oxygen atoms in total. The third kappa shape index (κ3) is 4.50. The minimum atomic E-state index is -0.925. The summed E-state index contributed by atoms with van der Waals surface area (Å²) < 4.78 is 10.2. The van der Waals surface area contributed by atoms with E-state index in [1.54, 1.807) is 25.3 Å². The second kappa shape index (κ2) is 6.79. The zero-order valence-electron chi connectivity index (χ0n) is 10.4. The van der Waals surface area contributed by atoms with Gasteiger partial charge in [0.2, 0.25) is 0 Å². The van der Waals surface area contributed by atoms with Crippen molar-refractivity contribution in [3.05, 3.63) is 33.9 Å². The molecule has 0 fully saturated rings. The van der Waals surface area contributed by atoms with E-state index in [-0.39, 0.29) is 0 Å². The van der Waals surface area contributed by atoms with Crippen molar-refractivity contribution in [3.63, 3.8) is 0 Å². The van der Waals surface area contributed by atoms with Crippen LogP contribution in [-0.2, 0) is 0 Å². The van der Waals surface area contributed by atoms with Gasteiger partial charge in [-0.1, -0.05) is 0 Å². The summed E-state index contributed by atoms with van der Waals surface area (Å²) in [5, 5.41) is 15.6. The van der Waals surface area contributed by atoms with Crippen molar-refractivity contribution >= 4 is 12.2 Å². The molecule has 0 aliphatic carbocycles. The molecule has 0 radical (unpaired) electrons. The molecule has 19 heavy (non-hydrogen) atoms. The predicted octanol–water partition coefficient (Wildman–Crippen LogP) is 0.134. The number of benzene rings is 1. The molecule has 0 heterocycles. The van der Waals surface area contributed by atoms with E-state index in [9.17, 15) is 10.1 Å². The Morgan fingerprint density at radius 2 is 2.21 bits per heavy atom. The average molecular weight is 267 g/mol. The molecule has 1 aromatic carbocycles. The monoisotopic (exact) mass is 267 g/mol. The van der Waals surface area contributed by atoms with Crippen molar-refractivity contribution in [2.24, 2.45) is 15.9 Å². The van der Waals surface area contributed by atoms with Gasteiger partial charge in [0.25, 0.3) is 5.96 Å². The Bertz CT molecular complexity index is 515. The highest BCUT2D eigenvalue weighted by Gasteiger charge is 2.02. The van der Waals surface area contributed by atoms with Crippen LogP contribution in [0, 0.1) is 10.1 Å². The lowest BCUT2D eigenvalue weighted by molar-refractivity contribution is -0.485. The zero-order valence-corrected chi connectivity index (χ0v) is 10.4. The number of hydrogen-bond donors (Lipinski definition) is 2. The van der Waals surface area contributed by atoms with Crippen LogP contribution in [0.2, 0.25) is 0 Å². The van der Waals surface area contributed by atoms with E-state index in [1.165, 1.54) is 13.3 Å². The second-order valence-corrected chi connectivity index (χ2v) is 3.20. The van der Waals surface area contributed by atoms with E-state index < -0.39 is 11.0 Å². The SMILES string of the molecule is COc1ccc(C=NN/C(N)=N\[N+](=O)[O-])c(OC)c1. The molecule has 0 aliphatic heterocycles. The molecule has 0 bridgehead atoms. The molecule has 9 heteroatoms. The van der Waals surface area contributed by atoms with Crippen molar-refractivity contribution in [1.29, 1.82) is 0 Å². The molecular formula is C10H13N5O4. The van der Waals surface area contributed by atoms with Gasteiger partial charge < -0.3 is 15.2 Å². The molecule has 0 aliphatic rings. The maximum Gasteiger partial charge on any atom is 0.286 e. The van der Waals surface area contributed by atoms with Crippen LogP contribution in [0.15, 0.2) is 28.4 Å². The van der Waals surface area contributed by atoms with Crippen molar-refractivity contribution < 1.29 is 14.5 Å². The Morgan fingerprint density at radius 3 is 2.79 bits per heavy atom. The Balaban J connectivity index is 2.79. The lowest BCUT2D eigenvalue weighted by Crippen LogP contribution is -2.28. The standard InChI is InChI=1S/C10H13N5O4/c1-18-8-4-3-7(9(5-8)19-2)6-12-13-10(11)14-15(16)17/h3-6H,1-2H3,(H3,11,13,14). The summed E-state index contributed by atoms with van der Waals surface area (Å²) in [5.41, 5.74) is 8.04. The maximum atomic E-state index is 10.0. The number of guanidine groups is 1. The van der Waals surface area contributed by atoms with Crippen LogP contribution in [0.3, 0.4) is 0 Å². The van der Waals surface area contributed by atoms with Gasteiger partial charge in [-0.3, -0.25) is 0 Å². The number of nitrogens with two attached hydrogens (primary N) is 1. The van der Waals surface area contributed by atoms with Crippen molar-refractivity contribution in [2.45, 2.75) is 0 Å². The van der Waals surface area contributed by atoms with E-state index in [0.29, 0.717) is 17.1 Å². The Labute approximate surface area is 108 Å². The number of nitrogens with one attached hydrogen (secondary N) is 1. The van der Waals surface area contributed by atoms with Gasteiger partial charge in [-0.05, 0) is 12.1 Å². The molecule has 0 spiro atoms. The number of nitro groups is 1. The Hall–Kier alpha value is -2.84. The number of ether oxygens (including phenoxy) is 2. The third-order valence-corrected chi connectivity index (χ3v) is 2.01. The minimum Gasteiger partial charge on any atom is -0.497 e. The van der Waals surface area contributed by atoms with Gasteiger partial charge in [0.05, 0.1) is 20.4 Å². The summed E-state index contributed by atoms with van der Waals surface area (Å²) in [5.74, 6) is 0.750. The summed E-state index contributed by atoms with van der Waals surface area (Å²) in [6.07, 6.45) is 1.39. The van der Waals surface area contributed by atoms with Crippen molar-refractivity contribution in [1.82, 2.24) is 5.43 Å². The highest BCUT2D eigenvalue weighted by molar-refractivity contribution is 5.85. The highest BCUT2D eigenvalue weighted by atomic mass is 16.7. The van der Waals surface area contributed by atoms with E-state index in [0.717, 1.165) is 0 Å². The largest absolute Gasteiger partial charge is 0.497 e. The van der Waals surface area contributed by atoms with Gasteiger partial charge in [-0.15, -0.1) is 0 Å². The molecule has 1 aromatic rings. The average Bonchev–Trinajstić information content (AvgIpc) is 2.38. The first kappa shape index (κ1) is 14.2. The van der Waals surface area contributed by atoms with Crippen LogP contribution in [0.25, 0.3) is 0 Å². The smallest absolute Gasteiger partial charge is 0.286 e. The highest BCUT2D eigenvalue weighted by Crippen LogP contribution is 2.22. The summed E-state index contributed by atoms with van der Waals surface area (Å²) in [6.45, 7) is 0. The zero-order chi connectivity index (χ0) is 14.3. The van der Waals surface area contributed by atoms with E-state index in [1.807, 2.05) is 0 Å². The normalized spacial score (nSPS) is 11.4. The summed E-state index contributed by atoms with van der Waals surface area (Å²) >= 11 is 0. The Kier molecular flexibility index (Phi) is 5.08. The molecule has 0 unspecified atom stereocenters. The molecule has 0 amide bonds. The van der Waals surface area contributed by atoms with E-state index >= 15 is 0 Å². The maximum absolute atomic E-state index is 10.0. The minimum absolute atomic E-state index is 0.422. The van der Waals surface area contributed by atoms with Crippen LogP contribution in [0.4, 0.5) is 0 Å².